The summed E-state index contributed by atoms with van der Waals surface area (Å²) >= 11 is 3.61. The summed E-state index contributed by atoms with van der Waals surface area (Å²) < 4.78 is 7.05. The van der Waals surface area contributed by atoms with Crippen LogP contribution >= 0.6 is 15.9 Å². The Bertz CT molecular complexity index is 987. The number of rotatable bonds is 2. The quantitative estimate of drug-likeness (QED) is 0.444. The van der Waals surface area contributed by atoms with Gasteiger partial charge in [0, 0.05) is 10.0 Å². The Morgan fingerprint density at radius 2 is 1.82 bits per heavy atom. The number of hydrogen-bond donors (Lipinski definition) is 0. The van der Waals surface area contributed by atoms with Gasteiger partial charge >= 0.3 is 0 Å². The normalized spacial score (nSPS) is 11.4. The summed E-state index contributed by atoms with van der Waals surface area (Å²) in [5, 5.41) is 2.30. The van der Waals surface area contributed by atoms with Crippen molar-refractivity contribution in [3.8, 4) is 11.5 Å². The minimum Gasteiger partial charge on any atom is -0.436 e. The minimum absolute atomic E-state index is 0.673. The third-order valence-electron chi connectivity index (χ3n) is 3.96. The van der Waals surface area contributed by atoms with Crippen molar-refractivity contribution >= 4 is 37.8 Å². The summed E-state index contributed by atoms with van der Waals surface area (Å²) in [4.78, 5) is 4.69. The van der Waals surface area contributed by atoms with Crippen molar-refractivity contribution in [3.05, 3.63) is 64.6 Å². The van der Waals surface area contributed by atoms with Gasteiger partial charge in [0.2, 0.25) is 5.89 Å². The first-order chi connectivity index (χ1) is 10.8. The second-order valence-corrected chi connectivity index (χ2v) is 6.17. The van der Waals surface area contributed by atoms with Gasteiger partial charge in [0.15, 0.2) is 5.58 Å². The standard InChI is InChI=1S/C19H14BrNO/c1-2-12-9-10-18-17(11-12)21-19(22-18)15-7-3-6-14-13(15)5-4-8-16(14)20/h3-11H,2H2,1H3. The average molecular weight is 352 g/mol. The number of aromatic nitrogens is 1. The fourth-order valence-electron chi connectivity index (χ4n) is 2.77. The molecule has 0 fully saturated rings. The zero-order chi connectivity index (χ0) is 15.1. The molecule has 0 amide bonds. The third-order valence-corrected chi connectivity index (χ3v) is 4.65. The predicted octanol–water partition coefficient (Wildman–Crippen LogP) is 5.97. The van der Waals surface area contributed by atoms with Crippen LogP contribution in [0.25, 0.3) is 33.3 Å². The van der Waals surface area contributed by atoms with E-state index in [0.717, 1.165) is 38.3 Å². The molecule has 4 rings (SSSR count). The first-order valence-electron chi connectivity index (χ1n) is 7.33. The number of nitrogens with zero attached hydrogens (tertiary/aromatic N) is 1. The molecule has 1 aromatic heterocycles. The molecule has 108 valence electrons. The van der Waals surface area contributed by atoms with Gasteiger partial charge in [-0.15, -0.1) is 0 Å². The molecule has 3 heteroatoms. The van der Waals surface area contributed by atoms with E-state index in [0.29, 0.717) is 5.89 Å². The van der Waals surface area contributed by atoms with E-state index in [1.165, 1.54) is 5.56 Å². The third kappa shape index (κ3) is 2.13. The van der Waals surface area contributed by atoms with Gasteiger partial charge in [0.1, 0.15) is 5.52 Å². The Kier molecular flexibility index (Phi) is 3.23. The van der Waals surface area contributed by atoms with Gasteiger partial charge in [-0.25, -0.2) is 4.98 Å². The second kappa shape index (κ2) is 5.25. The molecule has 3 aromatic carbocycles. The van der Waals surface area contributed by atoms with Crippen LogP contribution in [-0.2, 0) is 6.42 Å². The lowest BCUT2D eigenvalue weighted by molar-refractivity contribution is 0.620. The maximum atomic E-state index is 5.98. The lowest BCUT2D eigenvalue weighted by Crippen LogP contribution is -1.82. The summed E-state index contributed by atoms with van der Waals surface area (Å²) in [5.74, 6) is 0.673. The van der Waals surface area contributed by atoms with Crippen LogP contribution in [0.2, 0.25) is 0 Å². The first kappa shape index (κ1) is 13.5. The van der Waals surface area contributed by atoms with Crippen molar-refractivity contribution in [1.82, 2.24) is 4.98 Å². The van der Waals surface area contributed by atoms with Gasteiger partial charge in [0.25, 0.3) is 0 Å². The number of fused-ring (bicyclic) bond motifs is 2. The van der Waals surface area contributed by atoms with Gasteiger partial charge in [-0.3, -0.25) is 0 Å². The van der Waals surface area contributed by atoms with Gasteiger partial charge in [-0.05, 0) is 47.0 Å². The summed E-state index contributed by atoms with van der Waals surface area (Å²) in [7, 11) is 0. The molecule has 0 unspecified atom stereocenters. The van der Waals surface area contributed by atoms with E-state index in [-0.39, 0.29) is 0 Å². The molecule has 0 aliphatic carbocycles. The highest BCUT2D eigenvalue weighted by molar-refractivity contribution is 9.10. The van der Waals surface area contributed by atoms with E-state index in [9.17, 15) is 0 Å². The maximum Gasteiger partial charge on any atom is 0.227 e. The Balaban J connectivity index is 1.97. The smallest absolute Gasteiger partial charge is 0.227 e. The second-order valence-electron chi connectivity index (χ2n) is 5.32. The molecule has 0 saturated carbocycles. The molecule has 1 heterocycles. The molecular formula is C19H14BrNO. The molecule has 4 aromatic rings. The highest BCUT2D eigenvalue weighted by atomic mass is 79.9. The summed E-state index contributed by atoms with van der Waals surface area (Å²) in [6.45, 7) is 2.14. The van der Waals surface area contributed by atoms with Crippen LogP contribution in [0.5, 0.6) is 0 Å². The number of benzene rings is 3. The lowest BCUT2D eigenvalue weighted by Gasteiger charge is -2.04. The fraction of sp³-hybridized carbons (Fsp3) is 0.105. The molecule has 2 nitrogen and oxygen atoms in total. The topological polar surface area (TPSA) is 26.0 Å². The molecular weight excluding hydrogens is 338 g/mol. The Morgan fingerprint density at radius 3 is 2.68 bits per heavy atom. The Labute approximate surface area is 136 Å². The minimum atomic E-state index is 0.673. The summed E-state index contributed by atoms with van der Waals surface area (Å²) in [5.41, 5.74) is 4.04. The van der Waals surface area contributed by atoms with Gasteiger partial charge in [-0.2, -0.15) is 0 Å². The predicted molar refractivity (Wildman–Crippen MR) is 94.0 cm³/mol. The van der Waals surface area contributed by atoms with Gasteiger partial charge in [0.05, 0.1) is 0 Å². The molecule has 0 aliphatic heterocycles. The lowest BCUT2D eigenvalue weighted by atomic mass is 10.0. The van der Waals surface area contributed by atoms with Crippen molar-refractivity contribution in [3.63, 3.8) is 0 Å². The number of halogens is 1. The molecule has 0 radical (unpaired) electrons. The summed E-state index contributed by atoms with van der Waals surface area (Å²) in [6.07, 6.45) is 0.999. The van der Waals surface area contributed by atoms with Crippen LogP contribution in [0.3, 0.4) is 0 Å². The van der Waals surface area contributed by atoms with Gasteiger partial charge < -0.3 is 4.42 Å². The SMILES string of the molecule is CCc1ccc2oc(-c3cccc4c(Br)cccc34)nc2c1. The van der Waals surface area contributed by atoms with E-state index in [4.69, 9.17) is 4.42 Å². The number of hydrogen-bond acceptors (Lipinski definition) is 2. The average Bonchev–Trinajstić information content (AvgIpc) is 2.97. The first-order valence-corrected chi connectivity index (χ1v) is 8.12. The zero-order valence-corrected chi connectivity index (χ0v) is 13.7. The molecule has 0 saturated heterocycles. The monoisotopic (exact) mass is 351 g/mol. The van der Waals surface area contributed by atoms with Crippen LogP contribution < -0.4 is 0 Å². The summed E-state index contributed by atoms with van der Waals surface area (Å²) in [6, 6.07) is 18.6. The molecule has 0 bridgehead atoms. The van der Waals surface area contributed by atoms with Crippen molar-refractivity contribution in [2.24, 2.45) is 0 Å². The largest absolute Gasteiger partial charge is 0.436 e. The number of oxazole rings is 1. The number of aryl methyl sites for hydroxylation is 1. The molecule has 0 atom stereocenters. The van der Waals surface area contributed by atoms with E-state index in [1.54, 1.807) is 0 Å². The highest BCUT2D eigenvalue weighted by Crippen LogP contribution is 2.33. The highest BCUT2D eigenvalue weighted by Gasteiger charge is 2.12. The van der Waals surface area contributed by atoms with Crippen molar-refractivity contribution < 1.29 is 4.42 Å². The van der Waals surface area contributed by atoms with Crippen molar-refractivity contribution in [2.45, 2.75) is 13.3 Å². The van der Waals surface area contributed by atoms with Crippen LogP contribution in [0, 0.1) is 0 Å². The van der Waals surface area contributed by atoms with Crippen molar-refractivity contribution in [1.29, 1.82) is 0 Å². The van der Waals surface area contributed by atoms with Crippen LogP contribution in [0.1, 0.15) is 12.5 Å². The zero-order valence-electron chi connectivity index (χ0n) is 12.1. The Morgan fingerprint density at radius 1 is 1.00 bits per heavy atom. The molecule has 0 N–H and O–H groups in total. The van der Waals surface area contributed by atoms with Crippen LogP contribution in [0.4, 0.5) is 0 Å². The fourth-order valence-corrected chi connectivity index (χ4v) is 3.26. The van der Waals surface area contributed by atoms with E-state index in [1.807, 2.05) is 24.3 Å². The van der Waals surface area contributed by atoms with Gasteiger partial charge in [-0.1, -0.05) is 53.2 Å². The molecule has 0 spiro atoms. The molecule has 0 aliphatic rings. The van der Waals surface area contributed by atoms with E-state index >= 15 is 0 Å². The van der Waals surface area contributed by atoms with E-state index < -0.39 is 0 Å². The van der Waals surface area contributed by atoms with Crippen LogP contribution in [-0.4, -0.2) is 4.98 Å². The molecule has 22 heavy (non-hydrogen) atoms. The maximum absolute atomic E-state index is 5.98. The van der Waals surface area contributed by atoms with E-state index in [2.05, 4.69) is 58.2 Å². The Hall–Kier alpha value is -2.13. The van der Waals surface area contributed by atoms with Crippen molar-refractivity contribution in [2.75, 3.05) is 0 Å². The van der Waals surface area contributed by atoms with Crippen LogP contribution in [0.15, 0.2) is 63.5 Å².